The molecule has 1 aromatic carbocycles. The van der Waals surface area contributed by atoms with Crippen molar-refractivity contribution in [1.29, 1.82) is 0 Å². The summed E-state index contributed by atoms with van der Waals surface area (Å²) in [6.45, 7) is 0.997. The zero-order valence-corrected chi connectivity index (χ0v) is 14.3. The van der Waals surface area contributed by atoms with Gasteiger partial charge in [0.1, 0.15) is 11.6 Å². The van der Waals surface area contributed by atoms with Crippen LogP contribution in [-0.2, 0) is 20.7 Å². The van der Waals surface area contributed by atoms with Crippen LogP contribution >= 0.6 is 12.4 Å². The first-order valence-electron chi connectivity index (χ1n) is 7.74. The lowest BCUT2D eigenvalue weighted by Gasteiger charge is -2.12. The highest BCUT2D eigenvalue weighted by Crippen LogP contribution is 2.23. The highest BCUT2D eigenvalue weighted by Gasteiger charge is 2.29. The Morgan fingerprint density at radius 3 is 3.00 bits per heavy atom. The lowest BCUT2D eigenvalue weighted by molar-refractivity contribution is -0.126. The van der Waals surface area contributed by atoms with Crippen molar-refractivity contribution in [2.24, 2.45) is 5.73 Å². The van der Waals surface area contributed by atoms with Crippen molar-refractivity contribution in [2.75, 3.05) is 25.6 Å². The van der Waals surface area contributed by atoms with Gasteiger partial charge in [-0.05, 0) is 31.0 Å². The van der Waals surface area contributed by atoms with Gasteiger partial charge in [0, 0.05) is 25.8 Å². The van der Waals surface area contributed by atoms with Crippen LogP contribution in [0.5, 0.6) is 0 Å². The monoisotopic (exact) mass is 355 g/mol. The maximum absolute atomic E-state index is 12.2. The molecule has 3 rings (SSSR count). The molecular formula is C16H22ClN3O4. The lowest BCUT2D eigenvalue weighted by atomic mass is 10.2. The number of hydrogen-bond donors (Lipinski definition) is 2. The number of hydrogen-bond acceptors (Lipinski definition) is 6. The predicted octanol–water partition coefficient (Wildman–Crippen LogP) is 1.88. The number of nitrogens with two attached hydrogens (primary N) is 1. The number of nitrogens with zero attached hydrogens (tertiary/aromatic N) is 1. The normalized spacial score (nSPS) is 20.1. The quantitative estimate of drug-likeness (QED) is 0.820. The van der Waals surface area contributed by atoms with E-state index in [4.69, 9.17) is 19.6 Å². The molecule has 8 heteroatoms. The largest absolute Gasteiger partial charge is 0.441 e. The second kappa shape index (κ2) is 8.43. The summed E-state index contributed by atoms with van der Waals surface area (Å²) in [5.74, 6) is 0.471. The van der Waals surface area contributed by atoms with Crippen LogP contribution in [0.1, 0.15) is 18.7 Å². The Kier molecular flexibility index (Phi) is 6.56. The Morgan fingerprint density at radius 1 is 1.46 bits per heavy atom. The number of rotatable bonds is 6. The molecule has 1 aromatic heterocycles. The van der Waals surface area contributed by atoms with Gasteiger partial charge in [-0.15, -0.1) is 12.4 Å². The minimum absolute atomic E-state index is 0. The summed E-state index contributed by atoms with van der Waals surface area (Å²) in [6.07, 6.45) is 1.67. The highest BCUT2D eigenvalue weighted by atomic mass is 35.5. The molecule has 3 N–H and O–H groups in total. The summed E-state index contributed by atoms with van der Waals surface area (Å²) in [5.41, 5.74) is 7.64. The van der Waals surface area contributed by atoms with Crippen LogP contribution in [0.15, 0.2) is 22.6 Å². The highest BCUT2D eigenvalue weighted by molar-refractivity contribution is 5.95. The Hall–Kier alpha value is -1.67. The summed E-state index contributed by atoms with van der Waals surface area (Å²) in [7, 11) is 1.64. The standard InChI is InChI=1S/C16H21N3O4.ClH/c1-21-7-6-15-19-12-8-10(2-4-13(12)23-15)18-16(20)14-5-3-11(9-17)22-14;/h2,4,8,11,14H,3,5-7,9,17H2,1H3,(H,18,20);1H/t11-,14+;/m1./s1. The molecule has 132 valence electrons. The molecule has 0 spiro atoms. The van der Waals surface area contributed by atoms with Gasteiger partial charge in [0.2, 0.25) is 0 Å². The Morgan fingerprint density at radius 2 is 2.29 bits per heavy atom. The molecule has 2 atom stereocenters. The van der Waals surface area contributed by atoms with Gasteiger partial charge in [0.05, 0.1) is 12.7 Å². The minimum atomic E-state index is -0.436. The second-order valence-corrected chi connectivity index (χ2v) is 5.58. The maximum Gasteiger partial charge on any atom is 0.253 e. The number of methoxy groups -OCH3 is 1. The molecule has 0 saturated carbocycles. The first kappa shape index (κ1) is 18.7. The van der Waals surface area contributed by atoms with Crippen molar-refractivity contribution in [3.63, 3.8) is 0 Å². The SMILES string of the molecule is COCCc1nc2cc(NC(=O)[C@@H]3CC[C@H](CN)O3)ccc2o1.Cl. The molecular weight excluding hydrogens is 334 g/mol. The van der Waals surface area contributed by atoms with Crippen LogP contribution in [0.4, 0.5) is 5.69 Å². The maximum atomic E-state index is 12.2. The van der Waals surface area contributed by atoms with E-state index in [2.05, 4.69) is 10.3 Å². The van der Waals surface area contributed by atoms with Gasteiger partial charge in [-0.3, -0.25) is 4.79 Å². The molecule has 24 heavy (non-hydrogen) atoms. The first-order valence-corrected chi connectivity index (χ1v) is 7.74. The van der Waals surface area contributed by atoms with Crippen LogP contribution < -0.4 is 11.1 Å². The fraction of sp³-hybridized carbons (Fsp3) is 0.500. The third-order valence-corrected chi connectivity index (χ3v) is 3.88. The average molecular weight is 356 g/mol. The molecule has 0 bridgehead atoms. The van der Waals surface area contributed by atoms with E-state index in [9.17, 15) is 4.79 Å². The summed E-state index contributed by atoms with van der Waals surface area (Å²) >= 11 is 0. The number of fused-ring (bicyclic) bond motifs is 1. The smallest absolute Gasteiger partial charge is 0.253 e. The van der Waals surface area contributed by atoms with Crippen LogP contribution in [0, 0.1) is 0 Å². The third kappa shape index (κ3) is 4.24. The van der Waals surface area contributed by atoms with E-state index in [1.807, 2.05) is 0 Å². The summed E-state index contributed by atoms with van der Waals surface area (Å²) < 4.78 is 16.2. The van der Waals surface area contributed by atoms with Crippen molar-refractivity contribution < 1.29 is 18.7 Å². The van der Waals surface area contributed by atoms with E-state index >= 15 is 0 Å². The van der Waals surface area contributed by atoms with Gasteiger partial charge in [-0.1, -0.05) is 0 Å². The molecule has 2 aromatic rings. The number of carbonyl (C=O) groups is 1. The molecule has 0 unspecified atom stereocenters. The topological polar surface area (TPSA) is 99.6 Å². The van der Waals surface area contributed by atoms with Crippen LogP contribution in [0.25, 0.3) is 11.1 Å². The molecule has 1 aliphatic heterocycles. The second-order valence-electron chi connectivity index (χ2n) is 5.58. The number of amides is 1. The first-order chi connectivity index (χ1) is 11.2. The summed E-state index contributed by atoms with van der Waals surface area (Å²) in [6, 6.07) is 5.38. The van der Waals surface area contributed by atoms with Gasteiger partial charge in [-0.2, -0.15) is 0 Å². The van der Waals surface area contributed by atoms with E-state index in [-0.39, 0.29) is 24.4 Å². The zero-order valence-electron chi connectivity index (χ0n) is 13.5. The lowest BCUT2D eigenvalue weighted by Crippen LogP contribution is -2.29. The number of nitrogens with one attached hydrogen (secondary N) is 1. The third-order valence-electron chi connectivity index (χ3n) is 3.88. The molecule has 0 radical (unpaired) electrons. The van der Waals surface area contributed by atoms with Crippen molar-refractivity contribution in [2.45, 2.75) is 31.5 Å². The number of ether oxygens (including phenoxy) is 2. The number of aromatic nitrogens is 1. The summed E-state index contributed by atoms with van der Waals surface area (Å²) in [5, 5.41) is 2.86. The van der Waals surface area contributed by atoms with Gasteiger partial charge in [-0.25, -0.2) is 4.98 Å². The average Bonchev–Trinajstić information content (AvgIpc) is 3.18. The molecule has 1 saturated heterocycles. The van der Waals surface area contributed by atoms with Crippen molar-refractivity contribution in [3.05, 3.63) is 24.1 Å². The number of oxazole rings is 1. The number of carbonyl (C=O) groups excluding carboxylic acids is 1. The number of benzene rings is 1. The Balaban J connectivity index is 0.00000208. The van der Waals surface area contributed by atoms with E-state index in [1.165, 1.54) is 0 Å². The zero-order chi connectivity index (χ0) is 16.2. The number of halogens is 1. The van der Waals surface area contributed by atoms with E-state index in [0.717, 1.165) is 6.42 Å². The van der Waals surface area contributed by atoms with Gasteiger partial charge in [0.15, 0.2) is 11.5 Å². The number of anilines is 1. The summed E-state index contributed by atoms with van der Waals surface area (Å²) in [4.78, 5) is 16.6. The van der Waals surface area contributed by atoms with E-state index in [1.54, 1.807) is 25.3 Å². The fourth-order valence-electron chi connectivity index (χ4n) is 2.64. The van der Waals surface area contributed by atoms with Gasteiger partial charge in [0.25, 0.3) is 5.91 Å². The van der Waals surface area contributed by atoms with Crippen molar-refractivity contribution >= 4 is 35.1 Å². The Labute approximate surface area is 146 Å². The molecule has 2 heterocycles. The van der Waals surface area contributed by atoms with E-state index < -0.39 is 6.10 Å². The van der Waals surface area contributed by atoms with E-state index in [0.29, 0.717) is 48.7 Å². The van der Waals surface area contributed by atoms with Crippen LogP contribution in [0.3, 0.4) is 0 Å². The fourth-order valence-corrected chi connectivity index (χ4v) is 2.64. The minimum Gasteiger partial charge on any atom is -0.441 e. The van der Waals surface area contributed by atoms with Crippen molar-refractivity contribution in [1.82, 2.24) is 4.98 Å². The van der Waals surface area contributed by atoms with Crippen LogP contribution in [-0.4, -0.2) is 43.4 Å². The predicted molar refractivity (Wildman–Crippen MR) is 92.4 cm³/mol. The molecule has 0 aliphatic carbocycles. The molecule has 1 amide bonds. The van der Waals surface area contributed by atoms with Gasteiger partial charge >= 0.3 is 0 Å². The molecule has 1 fully saturated rings. The molecule has 1 aliphatic rings. The molecule has 7 nitrogen and oxygen atoms in total. The van der Waals surface area contributed by atoms with Gasteiger partial charge < -0.3 is 24.9 Å². The van der Waals surface area contributed by atoms with Crippen molar-refractivity contribution in [3.8, 4) is 0 Å². The Bertz CT molecular complexity index is 691. The van der Waals surface area contributed by atoms with Crippen LogP contribution in [0.2, 0.25) is 0 Å².